The summed E-state index contributed by atoms with van der Waals surface area (Å²) in [5, 5.41) is 0. The second kappa shape index (κ2) is 5.17. The van der Waals surface area contributed by atoms with Gasteiger partial charge in [0.05, 0.1) is 18.6 Å². The van der Waals surface area contributed by atoms with Gasteiger partial charge in [-0.25, -0.2) is 4.98 Å². The lowest BCUT2D eigenvalue weighted by molar-refractivity contribution is 0.814. The van der Waals surface area contributed by atoms with Crippen molar-refractivity contribution >= 4 is 23.3 Å². The molecule has 0 radical (unpaired) electrons. The second-order valence-electron chi connectivity index (χ2n) is 4.80. The Hall–Kier alpha value is -1.62. The number of H-pyrrole nitrogens is 1. The highest BCUT2D eigenvalue weighted by molar-refractivity contribution is 7.99. The monoisotopic (exact) mass is 274 g/mol. The summed E-state index contributed by atoms with van der Waals surface area (Å²) in [6, 6.07) is 6.62. The van der Waals surface area contributed by atoms with Crippen LogP contribution in [0.25, 0.3) is 0 Å². The van der Waals surface area contributed by atoms with Gasteiger partial charge in [0.1, 0.15) is 0 Å². The number of rotatable bonds is 4. The Morgan fingerprint density at radius 3 is 3.11 bits per heavy atom. The molecule has 1 aromatic heterocycles. The third-order valence-corrected chi connectivity index (χ3v) is 4.01. The average Bonchev–Trinajstić information content (AvgIpc) is 2.98. The van der Waals surface area contributed by atoms with Gasteiger partial charge in [-0.15, -0.1) is 0 Å². The fraction of sp³-hybridized carbons (Fsp3) is 0.357. The van der Waals surface area contributed by atoms with Crippen LogP contribution < -0.4 is 9.62 Å². The van der Waals surface area contributed by atoms with Crippen molar-refractivity contribution in [1.82, 2.24) is 9.97 Å². The Morgan fingerprint density at radius 2 is 2.37 bits per heavy atom. The van der Waals surface area contributed by atoms with Crippen molar-refractivity contribution in [2.75, 3.05) is 22.4 Å². The molecule has 0 aliphatic carbocycles. The smallest absolute Gasteiger partial charge is 0.0925 e. The highest BCUT2D eigenvalue weighted by Crippen LogP contribution is 2.32. The number of nitrogens with one attached hydrogen (secondary N) is 2. The number of benzene rings is 1. The molecule has 19 heavy (non-hydrogen) atoms. The lowest BCUT2D eigenvalue weighted by Gasteiger charge is -2.19. The van der Waals surface area contributed by atoms with Gasteiger partial charge in [-0.3, -0.25) is 0 Å². The first kappa shape index (κ1) is 12.4. The van der Waals surface area contributed by atoms with E-state index in [1.807, 2.05) is 6.26 Å². The molecule has 0 atom stereocenters. The van der Waals surface area contributed by atoms with Crippen molar-refractivity contribution in [2.45, 2.75) is 19.9 Å². The maximum Gasteiger partial charge on any atom is 0.0925 e. The maximum absolute atomic E-state index is 4.39. The van der Waals surface area contributed by atoms with E-state index in [9.17, 15) is 0 Å². The van der Waals surface area contributed by atoms with Crippen molar-refractivity contribution in [1.29, 1.82) is 0 Å². The van der Waals surface area contributed by atoms with Crippen LogP contribution in [0.3, 0.4) is 0 Å². The van der Waals surface area contributed by atoms with Gasteiger partial charge in [0.15, 0.2) is 0 Å². The Bertz CT molecular complexity index is 579. The number of anilines is 2. The van der Waals surface area contributed by atoms with Crippen LogP contribution in [0.1, 0.15) is 17.0 Å². The molecule has 0 fully saturated rings. The lowest BCUT2D eigenvalue weighted by Crippen LogP contribution is -2.20. The van der Waals surface area contributed by atoms with Crippen LogP contribution in [0.4, 0.5) is 11.4 Å². The number of aromatic nitrogens is 2. The number of nitrogens with zero attached hydrogens (tertiary/aromatic N) is 2. The number of imidazole rings is 1. The lowest BCUT2D eigenvalue weighted by atomic mass is 10.1. The molecule has 0 saturated heterocycles. The molecule has 100 valence electrons. The largest absolute Gasteiger partial charge is 0.365 e. The number of aromatic amines is 1. The summed E-state index contributed by atoms with van der Waals surface area (Å²) in [5.74, 6) is 0. The Labute approximate surface area is 117 Å². The molecule has 0 amide bonds. The highest BCUT2D eigenvalue weighted by atomic mass is 32.2. The van der Waals surface area contributed by atoms with E-state index in [0.29, 0.717) is 0 Å². The topological polar surface area (TPSA) is 44.0 Å². The minimum absolute atomic E-state index is 0.880. The first-order valence-electron chi connectivity index (χ1n) is 6.43. The molecule has 4 nitrogen and oxygen atoms in total. The van der Waals surface area contributed by atoms with E-state index in [4.69, 9.17) is 0 Å². The van der Waals surface area contributed by atoms with Crippen molar-refractivity contribution in [3.63, 3.8) is 0 Å². The number of aryl methyl sites for hydroxylation is 1. The van der Waals surface area contributed by atoms with Crippen LogP contribution >= 0.6 is 11.9 Å². The van der Waals surface area contributed by atoms with E-state index in [-0.39, 0.29) is 0 Å². The van der Waals surface area contributed by atoms with Crippen molar-refractivity contribution in [3.8, 4) is 0 Å². The fourth-order valence-corrected chi connectivity index (χ4v) is 2.88. The van der Waals surface area contributed by atoms with E-state index < -0.39 is 0 Å². The van der Waals surface area contributed by atoms with Gasteiger partial charge < -0.3 is 14.6 Å². The summed E-state index contributed by atoms with van der Waals surface area (Å²) in [7, 11) is 0. The summed E-state index contributed by atoms with van der Waals surface area (Å²) in [6.45, 7) is 4.03. The number of hydrogen-bond donors (Lipinski definition) is 2. The fourth-order valence-electron chi connectivity index (χ4n) is 2.52. The normalized spacial score (nSPS) is 13.7. The summed E-state index contributed by atoms with van der Waals surface area (Å²) in [4.78, 5) is 9.95. The minimum Gasteiger partial charge on any atom is -0.365 e. The molecule has 0 bridgehead atoms. The number of fused-ring (bicyclic) bond motifs is 1. The van der Waals surface area contributed by atoms with Crippen LogP contribution in [0, 0.1) is 6.92 Å². The molecule has 1 aromatic carbocycles. The van der Waals surface area contributed by atoms with Gasteiger partial charge in [-0.2, -0.15) is 0 Å². The summed E-state index contributed by atoms with van der Waals surface area (Å²) >= 11 is 1.62. The van der Waals surface area contributed by atoms with Gasteiger partial charge >= 0.3 is 0 Å². The van der Waals surface area contributed by atoms with Gasteiger partial charge in [0.25, 0.3) is 0 Å². The first-order chi connectivity index (χ1) is 9.28. The van der Waals surface area contributed by atoms with Crippen molar-refractivity contribution < 1.29 is 0 Å². The molecule has 3 rings (SSSR count). The van der Waals surface area contributed by atoms with E-state index in [0.717, 1.165) is 36.6 Å². The zero-order valence-corrected chi connectivity index (χ0v) is 12.0. The summed E-state index contributed by atoms with van der Waals surface area (Å²) in [5.41, 5.74) is 6.22. The van der Waals surface area contributed by atoms with Gasteiger partial charge in [0.2, 0.25) is 0 Å². The van der Waals surface area contributed by atoms with E-state index in [2.05, 4.69) is 44.7 Å². The molecule has 0 saturated carbocycles. The van der Waals surface area contributed by atoms with Crippen LogP contribution in [-0.4, -0.2) is 22.8 Å². The van der Waals surface area contributed by atoms with Crippen LogP contribution in [-0.2, 0) is 13.0 Å². The predicted molar refractivity (Wildman–Crippen MR) is 81.7 cm³/mol. The van der Waals surface area contributed by atoms with E-state index in [1.165, 1.54) is 11.3 Å². The maximum atomic E-state index is 4.39. The third kappa shape index (κ3) is 2.42. The molecule has 1 aliphatic heterocycles. The average molecular weight is 274 g/mol. The molecule has 2 aromatic rings. The van der Waals surface area contributed by atoms with Crippen molar-refractivity contribution in [2.24, 2.45) is 0 Å². The zero-order chi connectivity index (χ0) is 13.2. The summed E-state index contributed by atoms with van der Waals surface area (Å²) in [6.07, 6.45) is 4.93. The van der Waals surface area contributed by atoms with E-state index in [1.54, 1.807) is 18.3 Å². The first-order valence-corrected chi connectivity index (χ1v) is 7.66. The molecule has 0 spiro atoms. The molecule has 0 unspecified atom stereocenters. The SMILES string of the molecule is CSNc1ccc2c(c1)N(Cc1nc[nH]c1C)CC2. The van der Waals surface area contributed by atoms with Crippen LogP contribution in [0.2, 0.25) is 0 Å². The van der Waals surface area contributed by atoms with Gasteiger partial charge in [-0.1, -0.05) is 18.0 Å². The third-order valence-electron chi connectivity index (χ3n) is 3.57. The Morgan fingerprint density at radius 1 is 1.47 bits per heavy atom. The van der Waals surface area contributed by atoms with E-state index >= 15 is 0 Å². The van der Waals surface area contributed by atoms with Crippen LogP contribution in [0.15, 0.2) is 24.5 Å². The molecular formula is C14H18N4S. The number of hydrogen-bond acceptors (Lipinski definition) is 4. The Balaban J connectivity index is 1.84. The molecule has 2 heterocycles. The molecule has 1 aliphatic rings. The standard InChI is InChI=1S/C14H18N4S/c1-10-13(16-9-15-10)8-18-6-5-11-3-4-12(17-19-2)7-14(11)18/h3-4,7,9,17H,5-6,8H2,1-2H3,(H,15,16). The second-order valence-corrected chi connectivity index (χ2v) is 5.41. The Kier molecular flexibility index (Phi) is 3.38. The minimum atomic E-state index is 0.880. The quantitative estimate of drug-likeness (QED) is 0.841. The highest BCUT2D eigenvalue weighted by Gasteiger charge is 2.20. The van der Waals surface area contributed by atoms with Gasteiger partial charge in [-0.05, 0) is 31.0 Å². The molecule has 5 heteroatoms. The predicted octanol–water partition coefficient (Wildman–Crippen LogP) is 2.97. The molecular weight excluding hydrogens is 256 g/mol. The summed E-state index contributed by atoms with van der Waals surface area (Å²) < 4.78 is 3.30. The van der Waals surface area contributed by atoms with Crippen LogP contribution in [0.5, 0.6) is 0 Å². The molecule has 2 N–H and O–H groups in total. The van der Waals surface area contributed by atoms with Gasteiger partial charge in [0, 0.05) is 29.9 Å². The van der Waals surface area contributed by atoms with Crippen molar-refractivity contribution in [3.05, 3.63) is 41.5 Å². The zero-order valence-electron chi connectivity index (χ0n) is 11.2.